The number of phenolic OH excluding ortho intramolecular Hbond substituents is 1. The Kier molecular flexibility index (Phi) is 6.11. The van der Waals surface area contributed by atoms with E-state index in [4.69, 9.17) is 9.15 Å². The first-order chi connectivity index (χ1) is 13.5. The fourth-order valence-corrected chi connectivity index (χ4v) is 2.85. The SMILES string of the molecule is COC(=O)C(CNC(=O)C=Cc1cc2ccccc2o1)Cc1ccc(O)cc1. The van der Waals surface area contributed by atoms with Gasteiger partial charge >= 0.3 is 5.97 Å². The number of hydrogen-bond donors (Lipinski definition) is 2. The molecule has 1 amide bonds. The highest BCUT2D eigenvalue weighted by Crippen LogP contribution is 2.19. The molecule has 6 heteroatoms. The third kappa shape index (κ3) is 5.01. The molecule has 2 aromatic carbocycles. The number of para-hydroxylation sites is 1. The number of ether oxygens (including phenoxy) is 1. The quantitative estimate of drug-likeness (QED) is 0.486. The molecule has 0 saturated carbocycles. The summed E-state index contributed by atoms with van der Waals surface area (Å²) >= 11 is 0. The Balaban J connectivity index is 1.59. The second kappa shape index (κ2) is 8.90. The Hall–Kier alpha value is -3.54. The number of aromatic hydroxyl groups is 1. The second-order valence-electron chi connectivity index (χ2n) is 6.36. The summed E-state index contributed by atoms with van der Waals surface area (Å²) in [6, 6.07) is 16.0. The van der Waals surface area contributed by atoms with Crippen LogP contribution >= 0.6 is 0 Å². The van der Waals surface area contributed by atoms with Crippen molar-refractivity contribution >= 4 is 28.9 Å². The van der Waals surface area contributed by atoms with Crippen LogP contribution in [-0.4, -0.2) is 30.6 Å². The van der Waals surface area contributed by atoms with Crippen molar-refractivity contribution in [1.82, 2.24) is 5.32 Å². The molecule has 1 atom stereocenters. The number of esters is 1. The Labute approximate surface area is 162 Å². The van der Waals surface area contributed by atoms with E-state index < -0.39 is 11.9 Å². The van der Waals surface area contributed by atoms with Gasteiger partial charge in [-0.25, -0.2) is 0 Å². The first kappa shape index (κ1) is 19.2. The van der Waals surface area contributed by atoms with E-state index in [2.05, 4.69) is 5.32 Å². The number of amides is 1. The van der Waals surface area contributed by atoms with Crippen molar-refractivity contribution in [1.29, 1.82) is 0 Å². The molecule has 0 aliphatic heterocycles. The molecule has 0 bridgehead atoms. The number of carbonyl (C=O) groups is 2. The van der Waals surface area contributed by atoms with Gasteiger partial charge in [-0.1, -0.05) is 30.3 Å². The molecule has 28 heavy (non-hydrogen) atoms. The average molecular weight is 379 g/mol. The number of benzene rings is 2. The lowest BCUT2D eigenvalue weighted by Crippen LogP contribution is -2.33. The van der Waals surface area contributed by atoms with Gasteiger partial charge in [0.25, 0.3) is 0 Å². The molecular weight excluding hydrogens is 358 g/mol. The van der Waals surface area contributed by atoms with Crippen LogP contribution in [-0.2, 0) is 20.7 Å². The highest BCUT2D eigenvalue weighted by Gasteiger charge is 2.20. The van der Waals surface area contributed by atoms with Gasteiger partial charge in [0.05, 0.1) is 13.0 Å². The van der Waals surface area contributed by atoms with Crippen LogP contribution in [0.25, 0.3) is 17.0 Å². The van der Waals surface area contributed by atoms with Crippen molar-refractivity contribution in [3.8, 4) is 5.75 Å². The van der Waals surface area contributed by atoms with E-state index in [0.717, 1.165) is 16.5 Å². The van der Waals surface area contributed by atoms with Gasteiger partial charge in [-0.2, -0.15) is 0 Å². The fraction of sp³-hybridized carbons (Fsp3) is 0.182. The summed E-state index contributed by atoms with van der Waals surface area (Å²) in [5.74, 6) is -0.542. The Morgan fingerprint density at radius 3 is 2.64 bits per heavy atom. The van der Waals surface area contributed by atoms with Crippen molar-refractivity contribution in [2.75, 3.05) is 13.7 Å². The van der Waals surface area contributed by atoms with Crippen LogP contribution in [0.1, 0.15) is 11.3 Å². The lowest BCUT2D eigenvalue weighted by molar-refractivity contribution is -0.145. The van der Waals surface area contributed by atoms with Gasteiger partial charge < -0.3 is 19.6 Å². The van der Waals surface area contributed by atoms with Gasteiger partial charge in [0, 0.05) is 18.0 Å². The van der Waals surface area contributed by atoms with Gasteiger partial charge in [0.1, 0.15) is 17.1 Å². The molecular formula is C22H21NO5. The lowest BCUT2D eigenvalue weighted by Gasteiger charge is -2.15. The first-order valence-electron chi connectivity index (χ1n) is 8.85. The topological polar surface area (TPSA) is 88.8 Å². The molecule has 1 unspecified atom stereocenters. The van der Waals surface area contributed by atoms with E-state index in [1.807, 2.05) is 30.3 Å². The molecule has 3 aromatic rings. The smallest absolute Gasteiger partial charge is 0.310 e. The molecule has 2 N–H and O–H groups in total. The number of methoxy groups -OCH3 is 1. The van der Waals surface area contributed by atoms with Crippen molar-refractivity contribution in [3.05, 3.63) is 72.0 Å². The van der Waals surface area contributed by atoms with Crippen molar-refractivity contribution in [2.24, 2.45) is 5.92 Å². The van der Waals surface area contributed by atoms with Gasteiger partial charge in [-0.15, -0.1) is 0 Å². The Morgan fingerprint density at radius 1 is 1.18 bits per heavy atom. The highest BCUT2D eigenvalue weighted by atomic mass is 16.5. The Bertz CT molecular complexity index is 955. The van der Waals surface area contributed by atoms with Crippen molar-refractivity contribution in [3.63, 3.8) is 0 Å². The van der Waals surface area contributed by atoms with E-state index in [-0.39, 0.29) is 18.2 Å². The van der Waals surface area contributed by atoms with E-state index >= 15 is 0 Å². The van der Waals surface area contributed by atoms with Crippen LogP contribution in [0, 0.1) is 5.92 Å². The molecule has 0 aliphatic rings. The molecule has 0 aliphatic carbocycles. The van der Waals surface area contributed by atoms with Crippen molar-refractivity contribution in [2.45, 2.75) is 6.42 Å². The largest absolute Gasteiger partial charge is 0.508 e. The van der Waals surface area contributed by atoms with Crippen LogP contribution in [0.3, 0.4) is 0 Å². The van der Waals surface area contributed by atoms with E-state index in [0.29, 0.717) is 12.2 Å². The molecule has 0 fully saturated rings. The maximum Gasteiger partial charge on any atom is 0.310 e. The van der Waals surface area contributed by atoms with Crippen molar-refractivity contribution < 1.29 is 23.8 Å². The average Bonchev–Trinajstić information content (AvgIpc) is 3.13. The molecule has 0 radical (unpaired) electrons. The molecule has 6 nitrogen and oxygen atoms in total. The molecule has 144 valence electrons. The zero-order valence-electron chi connectivity index (χ0n) is 15.4. The summed E-state index contributed by atoms with van der Waals surface area (Å²) in [5, 5.41) is 13.0. The van der Waals surface area contributed by atoms with E-state index in [1.54, 1.807) is 30.3 Å². The predicted molar refractivity (Wildman–Crippen MR) is 106 cm³/mol. The zero-order chi connectivity index (χ0) is 19.9. The van der Waals surface area contributed by atoms with E-state index in [1.165, 1.54) is 13.2 Å². The summed E-state index contributed by atoms with van der Waals surface area (Å²) in [6.45, 7) is 0.136. The summed E-state index contributed by atoms with van der Waals surface area (Å²) in [4.78, 5) is 24.1. The predicted octanol–water partition coefficient (Wildman–Crippen LogP) is 3.30. The standard InChI is InChI=1S/C22H21NO5/c1-27-22(26)17(12-15-6-8-18(24)9-7-15)14-23-21(25)11-10-19-13-16-4-2-3-5-20(16)28-19/h2-11,13,17,24H,12,14H2,1H3,(H,23,25). The maximum atomic E-state index is 12.1. The molecule has 0 saturated heterocycles. The molecule has 3 rings (SSSR count). The van der Waals surface area contributed by atoms with Crippen LogP contribution in [0.5, 0.6) is 5.75 Å². The fourth-order valence-electron chi connectivity index (χ4n) is 2.85. The maximum absolute atomic E-state index is 12.1. The highest BCUT2D eigenvalue weighted by molar-refractivity contribution is 5.92. The van der Waals surface area contributed by atoms with Crippen LogP contribution < -0.4 is 5.32 Å². The lowest BCUT2D eigenvalue weighted by atomic mass is 9.99. The summed E-state index contributed by atoms with van der Waals surface area (Å²) in [6.07, 6.45) is 3.34. The van der Waals surface area contributed by atoms with Gasteiger partial charge in [-0.05, 0) is 42.3 Å². The van der Waals surface area contributed by atoms with Crippen LogP contribution in [0.15, 0.2) is 65.1 Å². The minimum absolute atomic E-state index is 0.136. The van der Waals surface area contributed by atoms with Crippen LogP contribution in [0.4, 0.5) is 0 Å². The van der Waals surface area contributed by atoms with Gasteiger partial charge in [-0.3, -0.25) is 9.59 Å². The number of fused-ring (bicyclic) bond motifs is 1. The summed E-state index contributed by atoms with van der Waals surface area (Å²) < 4.78 is 10.5. The number of rotatable bonds is 7. The van der Waals surface area contributed by atoms with Gasteiger partial charge in [0.2, 0.25) is 5.91 Å². The molecule has 1 heterocycles. The third-order valence-electron chi connectivity index (χ3n) is 4.32. The third-order valence-corrected chi connectivity index (χ3v) is 4.32. The normalized spacial score (nSPS) is 12.2. The number of nitrogens with one attached hydrogen (secondary N) is 1. The summed E-state index contributed by atoms with van der Waals surface area (Å²) in [5.41, 5.74) is 1.61. The monoisotopic (exact) mass is 379 g/mol. The van der Waals surface area contributed by atoms with E-state index in [9.17, 15) is 14.7 Å². The summed E-state index contributed by atoms with van der Waals surface area (Å²) in [7, 11) is 1.31. The molecule has 0 spiro atoms. The van der Waals surface area contributed by atoms with Crippen LogP contribution in [0.2, 0.25) is 0 Å². The minimum Gasteiger partial charge on any atom is -0.508 e. The number of furan rings is 1. The first-order valence-corrected chi connectivity index (χ1v) is 8.85. The minimum atomic E-state index is -0.530. The zero-order valence-corrected chi connectivity index (χ0v) is 15.4. The number of phenols is 1. The number of carbonyl (C=O) groups excluding carboxylic acids is 2. The second-order valence-corrected chi connectivity index (χ2v) is 6.36. The number of hydrogen-bond acceptors (Lipinski definition) is 5. The van der Waals surface area contributed by atoms with Gasteiger partial charge in [0.15, 0.2) is 0 Å². The Morgan fingerprint density at radius 2 is 1.93 bits per heavy atom. The molecule has 1 aromatic heterocycles.